The molecule has 1 heterocycles. The van der Waals surface area contributed by atoms with E-state index in [1.165, 1.54) is 6.07 Å². The van der Waals surface area contributed by atoms with Crippen LogP contribution in [-0.4, -0.2) is 49.2 Å². The summed E-state index contributed by atoms with van der Waals surface area (Å²) in [5.74, 6) is -0.926. The zero-order valence-corrected chi connectivity index (χ0v) is 16.2. The Bertz CT molecular complexity index is 744. The molecular weight excluding hydrogens is 353 g/mol. The minimum Gasteiger partial charge on any atom is -0.491 e. The van der Waals surface area contributed by atoms with Crippen molar-refractivity contribution in [2.24, 2.45) is 5.41 Å². The largest absolute Gasteiger partial charge is 0.491 e. The summed E-state index contributed by atoms with van der Waals surface area (Å²) in [6, 6.07) is 2.42. The van der Waals surface area contributed by atoms with Crippen molar-refractivity contribution in [3.63, 3.8) is 0 Å². The summed E-state index contributed by atoms with van der Waals surface area (Å²) in [5, 5.41) is 0. The minimum atomic E-state index is -0.599. The Labute approximate surface area is 158 Å². The van der Waals surface area contributed by atoms with Gasteiger partial charge in [-0.05, 0) is 45.7 Å². The summed E-state index contributed by atoms with van der Waals surface area (Å²) in [6.45, 7) is 6.03. The third-order valence-corrected chi connectivity index (χ3v) is 5.06. The van der Waals surface area contributed by atoms with Gasteiger partial charge in [0.15, 0.2) is 0 Å². The van der Waals surface area contributed by atoms with Crippen LogP contribution in [-0.2, 0) is 20.8 Å². The number of fused-ring (bicyclic) bond motifs is 1. The summed E-state index contributed by atoms with van der Waals surface area (Å²) in [6.07, 6.45) is 1.25. The minimum absolute atomic E-state index is 0.0315. The number of ether oxygens (including phenoxy) is 3. The first-order chi connectivity index (χ1) is 12.8. The lowest BCUT2D eigenvalue weighted by Gasteiger charge is -2.30. The average molecular weight is 379 g/mol. The van der Waals surface area contributed by atoms with Crippen molar-refractivity contribution in [2.45, 2.75) is 52.3 Å². The number of hydrogen-bond donors (Lipinski definition) is 0. The highest BCUT2D eigenvalue weighted by molar-refractivity contribution is 5.90. The smallest absolute Gasteiger partial charge is 0.338 e. The van der Waals surface area contributed by atoms with Crippen LogP contribution in [0.25, 0.3) is 0 Å². The Morgan fingerprint density at radius 3 is 2.67 bits per heavy atom. The maximum Gasteiger partial charge on any atom is 0.338 e. The summed E-state index contributed by atoms with van der Waals surface area (Å²) >= 11 is 0. The molecule has 0 unspecified atom stereocenters. The van der Waals surface area contributed by atoms with Gasteiger partial charge in [-0.1, -0.05) is 0 Å². The van der Waals surface area contributed by atoms with Gasteiger partial charge in [0.05, 0.1) is 36.3 Å². The number of esters is 1. The van der Waals surface area contributed by atoms with Crippen LogP contribution in [0.4, 0.5) is 4.39 Å². The Hall–Kier alpha value is -2.15. The van der Waals surface area contributed by atoms with Crippen molar-refractivity contribution >= 4 is 11.9 Å². The van der Waals surface area contributed by atoms with Crippen LogP contribution in [0.15, 0.2) is 12.1 Å². The highest BCUT2D eigenvalue weighted by Crippen LogP contribution is 2.48. The maximum absolute atomic E-state index is 14.8. The van der Waals surface area contributed by atoms with Crippen molar-refractivity contribution in [2.75, 3.05) is 20.3 Å². The van der Waals surface area contributed by atoms with E-state index >= 15 is 0 Å². The van der Waals surface area contributed by atoms with Crippen LogP contribution in [0.3, 0.4) is 0 Å². The zero-order valence-electron chi connectivity index (χ0n) is 16.2. The molecule has 0 spiro atoms. The third-order valence-electron chi connectivity index (χ3n) is 5.06. The lowest BCUT2D eigenvalue weighted by Crippen LogP contribution is -2.45. The molecule has 1 aromatic carbocycles. The molecule has 0 saturated heterocycles. The second kappa shape index (κ2) is 7.46. The van der Waals surface area contributed by atoms with Crippen molar-refractivity contribution in [3.05, 3.63) is 29.1 Å². The number of carbonyl (C=O) groups is 2. The number of amides is 1. The molecule has 2 aliphatic rings. The summed E-state index contributed by atoms with van der Waals surface area (Å²) < 4.78 is 30.9. The fraction of sp³-hybridized carbons (Fsp3) is 0.600. The fourth-order valence-corrected chi connectivity index (χ4v) is 3.34. The van der Waals surface area contributed by atoms with E-state index in [2.05, 4.69) is 0 Å². The van der Waals surface area contributed by atoms with Crippen molar-refractivity contribution < 1.29 is 28.2 Å². The lowest BCUT2D eigenvalue weighted by molar-refractivity contribution is -0.142. The molecule has 148 valence electrons. The van der Waals surface area contributed by atoms with Crippen LogP contribution < -0.4 is 4.74 Å². The molecular formula is C20H26FNO5. The number of halogens is 1. The molecule has 1 aliphatic carbocycles. The average Bonchev–Trinajstić information content (AvgIpc) is 3.39. The second-order valence-corrected chi connectivity index (χ2v) is 7.70. The first-order valence-corrected chi connectivity index (χ1v) is 9.23. The van der Waals surface area contributed by atoms with Crippen LogP contribution >= 0.6 is 0 Å². The first kappa shape index (κ1) is 19.6. The Kier molecular flexibility index (Phi) is 5.42. The summed E-state index contributed by atoms with van der Waals surface area (Å²) in [4.78, 5) is 26.8. The lowest BCUT2D eigenvalue weighted by atomic mass is 10.0. The number of rotatable bonds is 5. The highest BCUT2D eigenvalue weighted by atomic mass is 19.1. The molecule has 1 atom stereocenters. The topological polar surface area (TPSA) is 65.1 Å². The molecule has 1 saturated carbocycles. The third kappa shape index (κ3) is 3.93. The van der Waals surface area contributed by atoms with Gasteiger partial charge in [0.2, 0.25) is 5.91 Å². The normalized spacial score (nSPS) is 20.5. The molecule has 6 nitrogen and oxygen atoms in total. The molecule has 0 N–H and O–H groups in total. The molecule has 3 rings (SSSR count). The van der Waals surface area contributed by atoms with Crippen LogP contribution in [0.2, 0.25) is 0 Å². The fourth-order valence-electron chi connectivity index (χ4n) is 3.34. The zero-order chi connectivity index (χ0) is 19.8. The molecule has 27 heavy (non-hydrogen) atoms. The molecule has 0 radical (unpaired) electrons. The predicted octanol–water partition coefficient (Wildman–Crippen LogP) is 2.93. The molecule has 1 amide bonds. The van der Waals surface area contributed by atoms with Gasteiger partial charge in [0, 0.05) is 12.7 Å². The Balaban J connectivity index is 1.88. The van der Waals surface area contributed by atoms with E-state index in [0.717, 1.165) is 18.9 Å². The van der Waals surface area contributed by atoms with Gasteiger partial charge in [0.25, 0.3) is 0 Å². The van der Waals surface area contributed by atoms with Crippen molar-refractivity contribution in [1.29, 1.82) is 0 Å². The van der Waals surface area contributed by atoms with E-state index in [1.807, 2.05) is 6.92 Å². The van der Waals surface area contributed by atoms with Gasteiger partial charge in [-0.2, -0.15) is 0 Å². The highest BCUT2D eigenvalue weighted by Gasteiger charge is 2.52. The molecule has 0 bridgehead atoms. The Morgan fingerprint density at radius 2 is 2.07 bits per heavy atom. The van der Waals surface area contributed by atoms with Crippen LogP contribution in [0, 0.1) is 11.2 Å². The number of hydrogen-bond acceptors (Lipinski definition) is 5. The van der Waals surface area contributed by atoms with Gasteiger partial charge in [-0.3, -0.25) is 4.79 Å². The van der Waals surface area contributed by atoms with Gasteiger partial charge in [0.1, 0.15) is 18.2 Å². The van der Waals surface area contributed by atoms with E-state index in [1.54, 1.807) is 25.9 Å². The number of benzene rings is 1. The number of carbonyl (C=O) groups excluding carboxylic acids is 2. The monoisotopic (exact) mass is 379 g/mol. The molecule has 1 fully saturated rings. The molecule has 0 aromatic heterocycles. The van der Waals surface area contributed by atoms with E-state index in [9.17, 15) is 14.0 Å². The van der Waals surface area contributed by atoms with E-state index < -0.39 is 17.2 Å². The van der Waals surface area contributed by atoms with Gasteiger partial charge in [-0.15, -0.1) is 0 Å². The molecule has 1 aliphatic heterocycles. The van der Waals surface area contributed by atoms with Crippen molar-refractivity contribution in [1.82, 2.24) is 4.90 Å². The molecule has 7 heteroatoms. The number of nitrogens with zero attached hydrogens (tertiary/aromatic N) is 1. The SMILES string of the molecule is COCC1(C(=O)N2Cc3c(F)cc(C(=O)OC(C)C)cc3OC[C@@H]2C)CC1. The van der Waals surface area contributed by atoms with Crippen LogP contribution in [0.1, 0.15) is 49.5 Å². The van der Waals surface area contributed by atoms with E-state index in [4.69, 9.17) is 14.2 Å². The predicted molar refractivity (Wildman–Crippen MR) is 96.0 cm³/mol. The maximum atomic E-state index is 14.8. The number of methoxy groups -OCH3 is 1. The van der Waals surface area contributed by atoms with E-state index in [-0.39, 0.29) is 48.1 Å². The van der Waals surface area contributed by atoms with E-state index in [0.29, 0.717) is 6.61 Å². The second-order valence-electron chi connectivity index (χ2n) is 7.70. The summed E-state index contributed by atoms with van der Waals surface area (Å²) in [5.41, 5.74) is -0.113. The van der Waals surface area contributed by atoms with Gasteiger partial charge >= 0.3 is 5.97 Å². The van der Waals surface area contributed by atoms with Gasteiger partial charge < -0.3 is 19.1 Å². The van der Waals surface area contributed by atoms with Crippen molar-refractivity contribution in [3.8, 4) is 5.75 Å². The summed E-state index contributed by atoms with van der Waals surface area (Å²) in [7, 11) is 1.58. The van der Waals surface area contributed by atoms with Gasteiger partial charge in [-0.25, -0.2) is 9.18 Å². The standard InChI is InChI=1S/C20H26FNO5/c1-12(2)27-18(23)14-7-16(21)15-9-22(13(3)10-26-17(15)8-14)19(24)20(5-6-20)11-25-4/h7-8,12-13H,5-6,9-11H2,1-4H3/t13-/m0/s1. The quantitative estimate of drug-likeness (QED) is 0.736. The first-order valence-electron chi connectivity index (χ1n) is 9.23. The Morgan fingerprint density at radius 1 is 1.37 bits per heavy atom. The molecule has 1 aromatic rings. The van der Waals surface area contributed by atoms with Crippen LogP contribution in [0.5, 0.6) is 5.75 Å².